The number of ether oxygens (including phenoxy) is 4. The lowest BCUT2D eigenvalue weighted by atomic mass is 9.94. The minimum absolute atomic E-state index is 0.222. The van der Waals surface area contributed by atoms with E-state index in [1.807, 2.05) is 0 Å². The number of carbonyl (C=O) groups is 3. The molecule has 0 unspecified atom stereocenters. The minimum atomic E-state index is -1.47. The SMILES string of the molecule is CC(=O)N[C@H]1[C@H](Oc2ccc3c(C)cc(=O)oc3c2)O[C@H](COC(=O)C(C)(C)C)[C@H](O)[C@@H]1OC(=O)C(C)(C)C. The average molecular weight is 548 g/mol. The molecule has 0 saturated carbocycles. The summed E-state index contributed by atoms with van der Waals surface area (Å²) in [6, 6.07) is 5.05. The largest absolute Gasteiger partial charge is 0.462 e. The van der Waals surface area contributed by atoms with Gasteiger partial charge in [-0.15, -0.1) is 0 Å². The fourth-order valence-corrected chi connectivity index (χ4v) is 3.87. The Morgan fingerprint density at radius 3 is 2.26 bits per heavy atom. The molecule has 0 bridgehead atoms. The minimum Gasteiger partial charge on any atom is -0.462 e. The highest BCUT2D eigenvalue weighted by Crippen LogP contribution is 2.31. The van der Waals surface area contributed by atoms with Crippen LogP contribution in [0.25, 0.3) is 11.0 Å². The predicted octanol–water partition coefficient (Wildman–Crippen LogP) is 2.62. The second-order valence-electron chi connectivity index (χ2n) is 11.8. The highest BCUT2D eigenvalue weighted by molar-refractivity contribution is 5.81. The van der Waals surface area contributed by atoms with Crippen LogP contribution in [0.15, 0.2) is 33.5 Å². The molecule has 5 atom stereocenters. The maximum absolute atomic E-state index is 12.8. The fourth-order valence-electron chi connectivity index (χ4n) is 3.87. The van der Waals surface area contributed by atoms with Crippen LogP contribution < -0.4 is 15.7 Å². The molecular weight excluding hydrogens is 510 g/mol. The van der Waals surface area contributed by atoms with E-state index >= 15 is 0 Å². The van der Waals surface area contributed by atoms with Crippen LogP contribution in [0.2, 0.25) is 0 Å². The summed E-state index contributed by atoms with van der Waals surface area (Å²) in [5.74, 6) is -1.42. The summed E-state index contributed by atoms with van der Waals surface area (Å²) in [6.45, 7) is 12.7. The van der Waals surface area contributed by atoms with E-state index in [0.29, 0.717) is 5.39 Å². The summed E-state index contributed by atoms with van der Waals surface area (Å²) in [6.07, 6.45) is -5.23. The third kappa shape index (κ3) is 7.36. The molecule has 0 spiro atoms. The number of fused-ring (bicyclic) bond motifs is 1. The van der Waals surface area contributed by atoms with Crippen molar-refractivity contribution in [1.82, 2.24) is 5.32 Å². The number of hydrogen-bond donors (Lipinski definition) is 2. The van der Waals surface area contributed by atoms with Crippen LogP contribution in [0.1, 0.15) is 54.0 Å². The van der Waals surface area contributed by atoms with Gasteiger partial charge in [-0.2, -0.15) is 0 Å². The molecule has 11 nitrogen and oxygen atoms in total. The Bertz CT molecular complexity index is 1290. The van der Waals surface area contributed by atoms with Gasteiger partial charge < -0.3 is 33.8 Å². The highest BCUT2D eigenvalue weighted by atomic mass is 16.7. The summed E-state index contributed by atoms with van der Waals surface area (Å²) in [4.78, 5) is 49.3. The number of rotatable bonds is 6. The molecule has 0 aliphatic carbocycles. The normalized spacial score (nSPS) is 23.7. The van der Waals surface area contributed by atoms with Gasteiger partial charge in [-0.3, -0.25) is 14.4 Å². The summed E-state index contributed by atoms with van der Waals surface area (Å²) in [5, 5.41) is 14.5. The van der Waals surface area contributed by atoms with E-state index in [-0.39, 0.29) is 17.9 Å². The van der Waals surface area contributed by atoms with Crippen LogP contribution in [-0.4, -0.2) is 60.2 Å². The van der Waals surface area contributed by atoms with E-state index in [4.69, 9.17) is 23.4 Å². The van der Waals surface area contributed by atoms with Gasteiger partial charge >= 0.3 is 17.6 Å². The smallest absolute Gasteiger partial charge is 0.336 e. The molecule has 11 heteroatoms. The van der Waals surface area contributed by atoms with Crippen molar-refractivity contribution in [1.29, 1.82) is 0 Å². The molecule has 1 aromatic heterocycles. The first kappa shape index (κ1) is 30.1. The molecule has 1 aromatic carbocycles. The number of aryl methyl sites for hydroxylation is 1. The van der Waals surface area contributed by atoms with Crippen molar-refractivity contribution in [2.75, 3.05) is 6.61 Å². The van der Waals surface area contributed by atoms with Gasteiger partial charge in [0.1, 0.15) is 36.2 Å². The Morgan fingerprint density at radius 2 is 1.67 bits per heavy atom. The van der Waals surface area contributed by atoms with E-state index in [9.17, 15) is 24.3 Å². The maximum atomic E-state index is 12.8. The molecule has 1 aliphatic heterocycles. The lowest BCUT2D eigenvalue weighted by Crippen LogP contribution is -2.67. The topological polar surface area (TPSA) is 151 Å². The Balaban J connectivity index is 1.99. The standard InChI is InChI=1S/C28H37NO10/c1-14-11-20(31)37-18-12-16(9-10-17(14)18)36-24-21(29-15(2)30)23(39-26(34)28(6,7)8)22(32)19(38-24)13-35-25(33)27(3,4)5/h9-12,19,21-24,32H,13H2,1-8H3,(H,29,30)/t19-,21-,22+,23-,24-/m1/s1. The summed E-state index contributed by atoms with van der Waals surface area (Å²) < 4.78 is 28.4. The molecule has 1 aliphatic rings. The van der Waals surface area contributed by atoms with Crippen LogP contribution in [0.3, 0.4) is 0 Å². The number of esters is 2. The first-order valence-corrected chi connectivity index (χ1v) is 12.7. The van der Waals surface area contributed by atoms with Crippen LogP contribution in [-0.2, 0) is 28.6 Å². The Kier molecular flexibility index (Phi) is 8.76. The van der Waals surface area contributed by atoms with Crippen molar-refractivity contribution < 1.29 is 42.9 Å². The van der Waals surface area contributed by atoms with Crippen molar-refractivity contribution in [2.24, 2.45) is 10.8 Å². The molecule has 2 heterocycles. The lowest BCUT2D eigenvalue weighted by Gasteiger charge is -2.44. The van der Waals surface area contributed by atoms with E-state index in [1.54, 1.807) is 60.6 Å². The quantitative estimate of drug-likeness (QED) is 0.408. The zero-order valence-corrected chi connectivity index (χ0v) is 23.5. The van der Waals surface area contributed by atoms with Crippen LogP contribution in [0.5, 0.6) is 5.75 Å². The Morgan fingerprint density at radius 1 is 1.03 bits per heavy atom. The lowest BCUT2D eigenvalue weighted by molar-refractivity contribution is -0.254. The first-order chi connectivity index (χ1) is 18.0. The highest BCUT2D eigenvalue weighted by Gasteiger charge is 2.50. The third-order valence-corrected chi connectivity index (χ3v) is 6.07. The third-order valence-electron chi connectivity index (χ3n) is 6.07. The van der Waals surface area contributed by atoms with Gasteiger partial charge in [-0.05, 0) is 66.2 Å². The number of benzene rings is 1. The molecule has 2 N–H and O–H groups in total. The van der Waals surface area contributed by atoms with E-state index in [2.05, 4.69) is 5.32 Å². The van der Waals surface area contributed by atoms with Gasteiger partial charge in [-0.25, -0.2) is 4.79 Å². The molecule has 1 saturated heterocycles. The Hall–Kier alpha value is -3.44. The number of aliphatic hydroxyl groups is 1. The molecule has 214 valence electrons. The number of carbonyl (C=O) groups excluding carboxylic acids is 3. The van der Waals surface area contributed by atoms with Crippen molar-refractivity contribution in [3.63, 3.8) is 0 Å². The second-order valence-corrected chi connectivity index (χ2v) is 11.8. The second kappa shape index (κ2) is 11.4. The van der Waals surface area contributed by atoms with E-state index in [1.165, 1.54) is 19.1 Å². The van der Waals surface area contributed by atoms with Gasteiger partial charge in [-0.1, -0.05) is 0 Å². The average Bonchev–Trinajstić information content (AvgIpc) is 2.79. The molecule has 39 heavy (non-hydrogen) atoms. The van der Waals surface area contributed by atoms with E-state index < -0.39 is 64.9 Å². The summed E-state index contributed by atoms with van der Waals surface area (Å²) >= 11 is 0. The summed E-state index contributed by atoms with van der Waals surface area (Å²) in [5.41, 5.74) is -1.26. The van der Waals surface area contributed by atoms with Gasteiger partial charge in [0.25, 0.3) is 0 Å². The monoisotopic (exact) mass is 547 g/mol. The summed E-state index contributed by atoms with van der Waals surface area (Å²) in [7, 11) is 0. The van der Waals surface area contributed by atoms with Crippen molar-refractivity contribution in [2.45, 2.75) is 86.0 Å². The van der Waals surface area contributed by atoms with Crippen LogP contribution >= 0.6 is 0 Å². The van der Waals surface area contributed by atoms with Crippen LogP contribution in [0, 0.1) is 17.8 Å². The van der Waals surface area contributed by atoms with Gasteiger partial charge in [0.15, 0.2) is 6.10 Å². The molecule has 2 aromatic rings. The zero-order chi connectivity index (χ0) is 29.3. The van der Waals surface area contributed by atoms with Gasteiger partial charge in [0.05, 0.1) is 10.8 Å². The first-order valence-electron chi connectivity index (χ1n) is 12.7. The molecule has 1 amide bonds. The number of nitrogens with one attached hydrogen (secondary N) is 1. The van der Waals surface area contributed by atoms with Gasteiger partial charge in [0, 0.05) is 24.4 Å². The molecule has 1 fully saturated rings. The maximum Gasteiger partial charge on any atom is 0.336 e. The number of aliphatic hydroxyl groups excluding tert-OH is 1. The van der Waals surface area contributed by atoms with Crippen molar-refractivity contribution in [3.05, 3.63) is 40.2 Å². The molecule has 0 radical (unpaired) electrons. The van der Waals surface area contributed by atoms with Gasteiger partial charge in [0.2, 0.25) is 12.2 Å². The van der Waals surface area contributed by atoms with Crippen molar-refractivity contribution in [3.8, 4) is 5.75 Å². The van der Waals surface area contributed by atoms with E-state index in [0.717, 1.165) is 5.56 Å². The van der Waals surface area contributed by atoms with Crippen LogP contribution in [0.4, 0.5) is 0 Å². The fraction of sp³-hybridized carbons (Fsp3) is 0.571. The molecular formula is C28H37NO10. The zero-order valence-electron chi connectivity index (χ0n) is 23.5. The van der Waals surface area contributed by atoms with Crippen molar-refractivity contribution >= 4 is 28.8 Å². The predicted molar refractivity (Wildman–Crippen MR) is 140 cm³/mol. The molecule has 3 rings (SSSR count). The number of amides is 1. The number of hydrogen-bond acceptors (Lipinski definition) is 10. The Labute approximate surface area is 226 Å².